The number of H-pyrrole nitrogens is 2. The number of aromatic amines is 2. The first kappa shape index (κ1) is 40.5. The van der Waals surface area contributed by atoms with Crippen molar-refractivity contribution in [2.24, 2.45) is 9.98 Å². The van der Waals surface area contributed by atoms with E-state index >= 15 is 0 Å². The standard InChI is InChI=1S/C52H56N10/c1-53-51(59(3)4)61(7)27-15-19-33-17-13-25-39-45-29-41-36-22-10-12-24-38(36)44(56-41)32-48-50-34(20-16-28-62(8)52(54-2)60(5)6)18-14-26-40(50)46(58-48)30-42-35-21-9-11-23-37(35)43(55-42)31-47(57-45)49(33)39/h9-14,17-18,21-26,29-32,57-58H,15-16,19-20,27-28H2,1-8H3. The molecule has 0 spiro atoms. The highest BCUT2D eigenvalue weighted by Crippen LogP contribution is 2.41. The maximum absolute atomic E-state index is 5.42. The predicted molar refractivity (Wildman–Crippen MR) is 261 cm³/mol. The Bertz CT molecular complexity index is 2850. The highest BCUT2D eigenvalue weighted by atomic mass is 15.3. The summed E-state index contributed by atoms with van der Waals surface area (Å²) in [5, 5.41) is 4.80. The Labute approximate surface area is 364 Å². The Balaban J connectivity index is 1.26. The number of benzene rings is 4. The highest BCUT2D eigenvalue weighted by Gasteiger charge is 2.21. The zero-order valence-corrected chi connectivity index (χ0v) is 37.2. The number of aromatic nitrogens is 4. The van der Waals surface area contributed by atoms with Gasteiger partial charge in [0.15, 0.2) is 11.9 Å². The van der Waals surface area contributed by atoms with Gasteiger partial charge in [-0.2, -0.15) is 0 Å². The lowest BCUT2D eigenvalue weighted by Gasteiger charge is -2.26. The van der Waals surface area contributed by atoms with Gasteiger partial charge < -0.3 is 29.6 Å². The van der Waals surface area contributed by atoms with Crippen molar-refractivity contribution in [3.63, 3.8) is 0 Å². The second-order valence-electron chi connectivity index (χ2n) is 16.9. The van der Waals surface area contributed by atoms with Gasteiger partial charge in [-0.25, -0.2) is 9.97 Å². The molecule has 314 valence electrons. The van der Waals surface area contributed by atoms with Gasteiger partial charge >= 0.3 is 0 Å². The third-order valence-corrected chi connectivity index (χ3v) is 12.3. The van der Waals surface area contributed by atoms with Crippen LogP contribution in [0.3, 0.4) is 0 Å². The average molecular weight is 821 g/mol. The van der Waals surface area contributed by atoms with E-state index in [9.17, 15) is 0 Å². The quantitative estimate of drug-likeness (QED) is 0.117. The first-order valence-corrected chi connectivity index (χ1v) is 21.6. The fourth-order valence-corrected chi connectivity index (χ4v) is 9.68. The molecule has 8 bridgehead atoms. The van der Waals surface area contributed by atoms with Crippen molar-refractivity contribution in [3.05, 3.63) is 120 Å². The molecule has 0 unspecified atom stereocenters. The molecule has 10 nitrogen and oxygen atoms in total. The molecule has 2 N–H and O–H groups in total. The van der Waals surface area contributed by atoms with E-state index in [-0.39, 0.29) is 0 Å². The Morgan fingerprint density at radius 3 is 1.16 bits per heavy atom. The minimum Gasteiger partial charge on any atom is -0.354 e. The molecule has 10 heteroatoms. The van der Waals surface area contributed by atoms with Crippen LogP contribution >= 0.6 is 0 Å². The second kappa shape index (κ2) is 16.8. The molecule has 4 aromatic carbocycles. The van der Waals surface area contributed by atoms with Gasteiger partial charge in [0.25, 0.3) is 0 Å². The summed E-state index contributed by atoms with van der Waals surface area (Å²) in [7, 11) is 16.1. The third-order valence-electron chi connectivity index (χ3n) is 12.3. The van der Waals surface area contributed by atoms with Crippen molar-refractivity contribution in [1.29, 1.82) is 0 Å². The number of aryl methyl sites for hydroxylation is 2. The third kappa shape index (κ3) is 7.44. The van der Waals surface area contributed by atoms with Crippen molar-refractivity contribution in [2.45, 2.75) is 25.7 Å². The Morgan fingerprint density at radius 2 is 0.823 bits per heavy atom. The summed E-state index contributed by atoms with van der Waals surface area (Å²) in [6.45, 7) is 1.78. The topological polar surface area (TPSA) is 95.0 Å². The van der Waals surface area contributed by atoms with Crippen molar-refractivity contribution < 1.29 is 0 Å². The SMILES string of the molecule is CN=C(N(C)C)N(C)CCCc1cccc2c3cc4nc(cc5[nH]c(cc6nc(cc([nH]3)c12)-c1ccccc1-6)c1cccc(CCCN(C)C(=NC)N(C)C)c51)-c1ccccc1-4. The van der Waals surface area contributed by atoms with E-state index in [1.165, 1.54) is 32.7 Å². The van der Waals surface area contributed by atoms with Gasteiger partial charge in [-0.1, -0.05) is 84.9 Å². The van der Waals surface area contributed by atoms with Crippen molar-refractivity contribution in [1.82, 2.24) is 39.5 Å². The van der Waals surface area contributed by atoms with Crippen molar-refractivity contribution in [2.75, 3.05) is 69.5 Å². The first-order chi connectivity index (χ1) is 30.1. The van der Waals surface area contributed by atoms with Crippen LogP contribution in [0.4, 0.5) is 0 Å². The van der Waals surface area contributed by atoms with Crippen LogP contribution in [-0.2, 0) is 12.8 Å². The predicted octanol–water partition coefficient (Wildman–Crippen LogP) is 10.1. The molecule has 62 heavy (non-hydrogen) atoms. The van der Waals surface area contributed by atoms with Crippen molar-refractivity contribution in [3.8, 4) is 45.0 Å². The molecule has 0 radical (unpaired) electrons. The molecule has 0 atom stereocenters. The van der Waals surface area contributed by atoms with E-state index < -0.39 is 0 Å². The first-order valence-electron chi connectivity index (χ1n) is 21.6. The fourth-order valence-electron chi connectivity index (χ4n) is 9.68. The minimum atomic E-state index is 0.889. The maximum atomic E-state index is 5.42. The normalized spacial score (nSPS) is 12.5. The number of aliphatic imine (C=N–C) groups is 2. The Morgan fingerprint density at radius 1 is 0.468 bits per heavy atom. The summed E-state index contributed by atoms with van der Waals surface area (Å²) < 4.78 is 0. The zero-order valence-electron chi connectivity index (χ0n) is 37.2. The summed E-state index contributed by atoms with van der Waals surface area (Å²) in [6, 6.07) is 39.6. The number of guanidine groups is 2. The number of rotatable bonds is 8. The lowest BCUT2D eigenvalue weighted by atomic mass is 10.00. The van der Waals surface area contributed by atoms with Crippen LogP contribution in [0.25, 0.3) is 88.6 Å². The smallest absolute Gasteiger partial charge is 0.195 e. The molecule has 2 aliphatic rings. The molecule has 0 saturated heterocycles. The van der Waals surface area contributed by atoms with Crippen LogP contribution < -0.4 is 0 Å². The van der Waals surface area contributed by atoms with E-state index in [4.69, 9.17) is 9.97 Å². The number of hydrogen-bond acceptors (Lipinski definition) is 4. The van der Waals surface area contributed by atoms with Gasteiger partial charge in [-0.15, -0.1) is 0 Å². The van der Waals surface area contributed by atoms with E-state index in [2.05, 4.69) is 163 Å². The van der Waals surface area contributed by atoms with Gasteiger partial charge in [0.05, 0.1) is 22.8 Å². The number of nitrogens with zero attached hydrogens (tertiary/aromatic N) is 8. The molecule has 0 aliphatic carbocycles. The van der Waals surface area contributed by atoms with E-state index in [0.717, 1.165) is 118 Å². The molecule has 0 amide bonds. The van der Waals surface area contributed by atoms with E-state index in [1.54, 1.807) is 0 Å². The number of nitrogens with one attached hydrogen (secondary N) is 2. The summed E-state index contributed by atoms with van der Waals surface area (Å²) in [5.41, 5.74) is 15.0. The highest BCUT2D eigenvalue weighted by molar-refractivity contribution is 6.12. The Kier molecular flexibility index (Phi) is 11.0. The monoisotopic (exact) mass is 820 g/mol. The van der Waals surface area contributed by atoms with Crippen LogP contribution in [0, 0.1) is 0 Å². The van der Waals surface area contributed by atoms with Crippen LogP contribution in [-0.4, -0.2) is 121 Å². The van der Waals surface area contributed by atoms with E-state index in [1.807, 2.05) is 42.3 Å². The zero-order chi connectivity index (χ0) is 43.1. The van der Waals surface area contributed by atoms with Crippen molar-refractivity contribution >= 4 is 55.5 Å². The van der Waals surface area contributed by atoms with E-state index in [0.29, 0.717) is 0 Å². The fraction of sp³-hybridized carbons (Fsp3) is 0.269. The van der Waals surface area contributed by atoms with Crippen LogP contribution in [0.1, 0.15) is 24.0 Å². The molecular weight excluding hydrogens is 765 g/mol. The molecule has 0 fully saturated rings. The van der Waals surface area contributed by atoms with Crippen LogP contribution in [0.5, 0.6) is 0 Å². The lowest BCUT2D eigenvalue weighted by Crippen LogP contribution is -2.38. The molecule has 9 rings (SSSR count). The molecule has 2 aliphatic heterocycles. The molecular formula is C52H56N10. The number of fused-ring (bicyclic) bond motifs is 20. The minimum absolute atomic E-state index is 0.889. The van der Waals surface area contributed by atoms with Gasteiger partial charge in [-0.3, -0.25) is 9.98 Å². The molecule has 7 aromatic rings. The van der Waals surface area contributed by atoms with Crippen LogP contribution in [0.2, 0.25) is 0 Å². The molecule has 3 aromatic heterocycles. The summed E-state index contributed by atoms with van der Waals surface area (Å²) >= 11 is 0. The van der Waals surface area contributed by atoms with Gasteiger partial charge in [0.2, 0.25) is 0 Å². The van der Waals surface area contributed by atoms with Gasteiger partial charge in [0, 0.05) is 135 Å². The molecule has 0 saturated carbocycles. The maximum Gasteiger partial charge on any atom is 0.195 e. The lowest BCUT2D eigenvalue weighted by molar-refractivity contribution is 0.416. The number of hydrogen-bond donors (Lipinski definition) is 2. The van der Waals surface area contributed by atoms with Crippen LogP contribution in [0.15, 0.2) is 119 Å². The van der Waals surface area contributed by atoms with Gasteiger partial charge in [0.1, 0.15) is 0 Å². The second-order valence-corrected chi connectivity index (χ2v) is 16.9. The Hall–Kier alpha value is -6.94. The van der Waals surface area contributed by atoms with Gasteiger partial charge in [-0.05, 0) is 61.1 Å². The summed E-state index contributed by atoms with van der Waals surface area (Å²) in [5.74, 6) is 1.94. The molecule has 5 heterocycles. The largest absolute Gasteiger partial charge is 0.354 e. The average Bonchev–Trinajstić information content (AvgIpc) is 4.00. The summed E-state index contributed by atoms with van der Waals surface area (Å²) in [6.07, 6.45) is 3.79. The summed E-state index contributed by atoms with van der Waals surface area (Å²) in [4.78, 5) is 36.3.